The van der Waals surface area contributed by atoms with Crippen molar-refractivity contribution in [3.8, 4) is 0 Å². The molecule has 0 aromatic rings. The van der Waals surface area contributed by atoms with Gasteiger partial charge in [-0.2, -0.15) is 0 Å². The third kappa shape index (κ3) is 5.83. The Morgan fingerprint density at radius 1 is 1.50 bits per heavy atom. The van der Waals surface area contributed by atoms with Gasteiger partial charge in [-0.25, -0.2) is 0 Å². The summed E-state index contributed by atoms with van der Waals surface area (Å²) in [5, 5.41) is 0. The minimum atomic E-state index is 0.696. The third-order valence-corrected chi connectivity index (χ3v) is 1.51. The molecule has 0 radical (unpaired) electrons. The Morgan fingerprint density at radius 2 is 2.20 bits per heavy atom. The summed E-state index contributed by atoms with van der Waals surface area (Å²) in [5.41, 5.74) is 0. The molecule has 0 unspecified atom stereocenters. The van der Waals surface area contributed by atoms with Gasteiger partial charge in [0.15, 0.2) is 0 Å². The summed E-state index contributed by atoms with van der Waals surface area (Å²) >= 11 is 0. The zero-order valence-corrected chi connectivity index (χ0v) is 7.26. The number of hydrogen-bond donors (Lipinski definition) is 0. The second-order valence-electron chi connectivity index (χ2n) is 2.71. The quantitative estimate of drug-likeness (QED) is 0.536. The van der Waals surface area contributed by atoms with Crippen molar-refractivity contribution in [2.24, 2.45) is 5.92 Å². The number of methoxy groups -OCH3 is 1. The SMILES string of the molecule is C/C=C/CC[C@@H](C)COC. The van der Waals surface area contributed by atoms with Crippen LogP contribution in [0, 0.1) is 5.92 Å². The average molecular weight is 142 g/mol. The second kappa shape index (κ2) is 6.81. The Kier molecular flexibility index (Phi) is 6.61. The summed E-state index contributed by atoms with van der Waals surface area (Å²) in [4.78, 5) is 0. The van der Waals surface area contributed by atoms with Crippen molar-refractivity contribution in [3.63, 3.8) is 0 Å². The maximum absolute atomic E-state index is 5.01. The summed E-state index contributed by atoms with van der Waals surface area (Å²) < 4.78 is 5.01. The van der Waals surface area contributed by atoms with Gasteiger partial charge in [0.2, 0.25) is 0 Å². The van der Waals surface area contributed by atoms with Crippen LogP contribution in [-0.4, -0.2) is 13.7 Å². The van der Waals surface area contributed by atoms with Gasteiger partial charge in [0, 0.05) is 13.7 Å². The Morgan fingerprint density at radius 3 is 2.70 bits per heavy atom. The van der Waals surface area contributed by atoms with Crippen LogP contribution in [0.4, 0.5) is 0 Å². The molecule has 0 fully saturated rings. The Bertz CT molecular complexity index is 86.7. The van der Waals surface area contributed by atoms with E-state index in [2.05, 4.69) is 26.0 Å². The first kappa shape index (κ1) is 9.70. The normalized spacial score (nSPS) is 14.3. The number of hydrogen-bond acceptors (Lipinski definition) is 1. The van der Waals surface area contributed by atoms with Crippen LogP contribution >= 0.6 is 0 Å². The molecule has 1 heteroatoms. The summed E-state index contributed by atoms with van der Waals surface area (Å²) in [6, 6.07) is 0. The van der Waals surface area contributed by atoms with E-state index in [1.54, 1.807) is 7.11 Å². The van der Waals surface area contributed by atoms with Crippen LogP contribution in [0.1, 0.15) is 26.7 Å². The van der Waals surface area contributed by atoms with Gasteiger partial charge in [0.05, 0.1) is 0 Å². The summed E-state index contributed by atoms with van der Waals surface area (Å²) in [7, 11) is 1.76. The maximum atomic E-state index is 5.01. The predicted molar refractivity (Wildman–Crippen MR) is 45.1 cm³/mol. The van der Waals surface area contributed by atoms with Gasteiger partial charge in [-0.15, -0.1) is 0 Å². The first-order chi connectivity index (χ1) is 4.81. The lowest BCUT2D eigenvalue weighted by Crippen LogP contribution is -2.02. The molecule has 0 heterocycles. The van der Waals surface area contributed by atoms with Gasteiger partial charge >= 0.3 is 0 Å². The molecular formula is C9H18O. The van der Waals surface area contributed by atoms with Gasteiger partial charge in [-0.3, -0.25) is 0 Å². The molecule has 0 N–H and O–H groups in total. The fraction of sp³-hybridized carbons (Fsp3) is 0.778. The number of allylic oxidation sites excluding steroid dienone is 2. The van der Waals surface area contributed by atoms with E-state index in [0.717, 1.165) is 6.61 Å². The molecule has 0 bridgehead atoms. The van der Waals surface area contributed by atoms with Crippen LogP contribution in [0.15, 0.2) is 12.2 Å². The van der Waals surface area contributed by atoms with Crippen LogP contribution in [-0.2, 0) is 4.74 Å². The van der Waals surface area contributed by atoms with E-state index in [0.29, 0.717) is 5.92 Å². The minimum absolute atomic E-state index is 0.696. The van der Waals surface area contributed by atoms with Crippen molar-refractivity contribution < 1.29 is 4.74 Å². The van der Waals surface area contributed by atoms with Crippen LogP contribution in [0.5, 0.6) is 0 Å². The van der Waals surface area contributed by atoms with Crippen LogP contribution in [0.3, 0.4) is 0 Å². The molecule has 0 aliphatic rings. The molecule has 0 rings (SSSR count). The molecule has 0 saturated heterocycles. The molecule has 0 spiro atoms. The van der Waals surface area contributed by atoms with Gasteiger partial charge < -0.3 is 4.74 Å². The van der Waals surface area contributed by atoms with Crippen LogP contribution in [0.25, 0.3) is 0 Å². The van der Waals surface area contributed by atoms with Crippen LogP contribution in [0.2, 0.25) is 0 Å². The lowest BCUT2D eigenvalue weighted by Gasteiger charge is -2.06. The molecule has 1 nitrogen and oxygen atoms in total. The molecule has 0 saturated carbocycles. The van der Waals surface area contributed by atoms with E-state index in [1.165, 1.54) is 12.8 Å². The summed E-state index contributed by atoms with van der Waals surface area (Å²) in [5.74, 6) is 0.696. The van der Waals surface area contributed by atoms with E-state index >= 15 is 0 Å². The predicted octanol–water partition coefficient (Wildman–Crippen LogP) is 2.63. The van der Waals surface area contributed by atoms with Gasteiger partial charge in [0.25, 0.3) is 0 Å². The monoisotopic (exact) mass is 142 g/mol. The topological polar surface area (TPSA) is 9.23 Å². The summed E-state index contributed by atoms with van der Waals surface area (Å²) in [6.07, 6.45) is 6.71. The lowest BCUT2D eigenvalue weighted by molar-refractivity contribution is 0.156. The van der Waals surface area contributed by atoms with E-state index < -0.39 is 0 Å². The highest BCUT2D eigenvalue weighted by Gasteiger charge is 1.97. The number of ether oxygens (including phenoxy) is 1. The van der Waals surface area contributed by atoms with Crippen molar-refractivity contribution in [2.45, 2.75) is 26.7 Å². The van der Waals surface area contributed by atoms with Gasteiger partial charge in [-0.1, -0.05) is 19.1 Å². The molecule has 0 amide bonds. The molecule has 0 aliphatic carbocycles. The fourth-order valence-corrected chi connectivity index (χ4v) is 0.915. The molecule has 10 heavy (non-hydrogen) atoms. The van der Waals surface area contributed by atoms with Crippen molar-refractivity contribution in [1.29, 1.82) is 0 Å². The first-order valence-electron chi connectivity index (χ1n) is 3.91. The van der Waals surface area contributed by atoms with Crippen molar-refractivity contribution in [1.82, 2.24) is 0 Å². The van der Waals surface area contributed by atoms with E-state index in [9.17, 15) is 0 Å². The Hall–Kier alpha value is -0.300. The highest BCUT2D eigenvalue weighted by atomic mass is 16.5. The molecule has 0 aromatic heterocycles. The van der Waals surface area contributed by atoms with Gasteiger partial charge in [-0.05, 0) is 25.7 Å². The Labute approximate surface area is 64.1 Å². The minimum Gasteiger partial charge on any atom is -0.384 e. The zero-order valence-electron chi connectivity index (χ0n) is 7.26. The van der Waals surface area contributed by atoms with Crippen molar-refractivity contribution in [3.05, 3.63) is 12.2 Å². The molecular weight excluding hydrogens is 124 g/mol. The Balaban J connectivity index is 3.12. The van der Waals surface area contributed by atoms with Crippen molar-refractivity contribution in [2.75, 3.05) is 13.7 Å². The van der Waals surface area contributed by atoms with Crippen molar-refractivity contribution >= 4 is 0 Å². The fourth-order valence-electron chi connectivity index (χ4n) is 0.915. The molecule has 1 atom stereocenters. The molecule has 60 valence electrons. The third-order valence-electron chi connectivity index (χ3n) is 1.51. The highest BCUT2D eigenvalue weighted by molar-refractivity contribution is 4.77. The molecule has 0 aliphatic heterocycles. The van der Waals surface area contributed by atoms with E-state index in [-0.39, 0.29) is 0 Å². The molecule has 0 aromatic carbocycles. The first-order valence-corrected chi connectivity index (χ1v) is 3.91. The van der Waals surface area contributed by atoms with E-state index in [1.807, 2.05) is 0 Å². The number of rotatable bonds is 5. The summed E-state index contributed by atoms with van der Waals surface area (Å²) in [6.45, 7) is 5.16. The largest absolute Gasteiger partial charge is 0.384 e. The maximum Gasteiger partial charge on any atom is 0.0487 e. The zero-order chi connectivity index (χ0) is 7.82. The lowest BCUT2D eigenvalue weighted by atomic mass is 10.1. The van der Waals surface area contributed by atoms with Crippen LogP contribution < -0.4 is 0 Å². The second-order valence-corrected chi connectivity index (χ2v) is 2.71. The van der Waals surface area contributed by atoms with E-state index in [4.69, 9.17) is 4.74 Å². The highest BCUT2D eigenvalue weighted by Crippen LogP contribution is 2.05. The smallest absolute Gasteiger partial charge is 0.0487 e. The standard InChI is InChI=1S/C9H18O/c1-4-5-6-7-9(2)8-10-3/h4-5,9H,6-8H2,1-3H3/b5-4+/t9-/m1/s1. The average Bonchev–Trinajstić information content (AvgIpc) is 1.89. The van der Waals surface area contributed by atoms with Gasteiger partial charge in [0.1, 0.15) is 0 Å².